The first-order chi connectivity index (χ1) is 12.2. The summed E-state index contributed by atoms with van der Waals surface area (Å²) in [5.41, 5.74) is 10.2. The van der Waals surface area contributed by atoms with Crippen molar-refractivity contribution in [2.45, 2.75) is 6.54 Å². The molecule has 3 rings (SSSR count). The average molecular weight is 356 g/mol. The van der Waals surface area contributed by atoms with E-state index < -0.39 is 0 Å². The lowest BCUT2D eigenvalue weighted by Crippen LogP contribution is -2.48. The largest absolute Gasteiger partial charge is 0.395 e. The maximum absolute atomic E-state index is 10.6. The van der Waals surface area contributed by atoms with Crippen LogP contribution >= 0.6 is 11.6 Å². The summed E-state index contributed by atoms with van der Waals surface area (Å²) in [6.45, 7) is 3.98. The Hall–Kier alpha value is -2.18. The Balaban J connectivity index is 1.67. The van der Waals surface area contributed by atoms with Gasteiger partial charge in [-0.2, -0.15) is 0 Å². The number of para-hydroxylation sites is 1. The fourth-order valence-corrected chi connectivity index (χ4v) is 3.24. The number of rotatable bonds is 6. The van der Waals surface area contributed by atoms with Crippen LogP contribution in [0.25, 0.3) is 0 Å². The highest BCUT2D eigenvalue weighted by molar-refractivity contribution is 6.64. The van der Waals surface area contributed by atoms with Gasteiger partial charge >= 0.3 is 0 Å². The lowest BCUT2D eigenvalue weighted by molar-refractivity contribution is 0.409. The molecule has 0 spiro atoms. The van der Waals surface area contributed by atoms with Crippen LogP contribution in [0.15, 0.2) is 42.5 Å². The molecule has 1 aliphatic heterocycles. The summed E-state index contributed by atoms with van der Waals surface area (Å²) in [6, 6.07) is 13.8. The second-order valence-electron chi connectivity index (χ2n) is 6.03. The summed E-state index contributed by atoms with van der Waals surface area (Å²) in [5.74, 6) is 0. The van der Waals surface area contributed by atoms with Crippen LogP contribution in [-0.2, 0) is 11.3 Å². The maximum Gasteiger partial charge on any atom is 0.293 e. The molecule has 2 aromatic carbocycles. The Bertz CT molecular complexity index is 735. The van der Waals surface area contributed by atoms with Crippen molar-refractivity contribution < 1.29 is 4.79 Å². The second-order valence-corrected chi connectivity index (χ2v) is 6.47. The SMILES string of the molecule is Nc1c(NCc2cccc(Cl)c2)cccc1N1CCN([B]C=O)CC1. The van der Waals surface area contributed by atoms with Crippen molar-refractivity contribution >= 4 is 42.3 Å². The van der Waals surface area contributed by atoms with Gasteiger partial charge in [0.2, 0.25) is 0 Å². The number of piperazine rings is 1. The Morgan fingerprint density at radius 2 is 1.92 bits per heavy atom. The van der Waals surface area contributed by atoms with E-state index in [9.17, 15) is 4.79 Å². The van der Waals surface area contributed by atoms with Crippen LogP contribution in [-0.4, -0.2) is 44.6 Å². The molecular weight excluding hydrogens is 334 g/mol. The van der Waals surface area contributed by atoms with Crippen LogP contribution in [0.1, 0.15) is 5.56 Å². The summed E-state index contributed by atoms with van der Waals surface area (Å²) >= 11 is 6.03. The van der Waals surface area contributed by atoms with Gasteiger partial charge in [-0.3, -0.25) is 0 Å². The minimum absolute atomic E-state index is 0.663. The standard InChI is InChI=1S/C18H21BClN4O/c20-15-4-1-3-14(11-15)12-22-16-5-2-6-17(18(16)21)23-7-9-24(10-8-23)19-13-25/h1-6,11,13,22H,7-10,12,21H2. The molecule has 1 heterocycles. The number of nitrogens with zero attached hydrogens (tertiary/aromatic N) is 2. The molecule has 0 unspecified atom stereocenters. The maximum atomic E-state index is 10.6. The van der Waals surface area contributed by atoms with Crippen molar-refractivity contribution in [2.24, 2.45) is 0 Å². The van der Waals surface area contributed by atoms with Crippen molar-refractivity contribution in [1.82, 2.24) is 4.81 Å². The minimum Gasteiger partial charge on any atom is -0.395 e. The van der Waals surface area contributed by atoms with Gasteiger partial charge in [0, 0.05) is 37.7 Å². The Morgan fingerprint density at radius 1 is 1.16 bits per heavy atom. The van der Waals surface area contributed by atoms with Gasteiger partial charge in [-0.1, -0.05) is 29.8 Å². The van der Waals surface area contributed by atoms with Crippen molar-refractivity contribution in [3.05, 3.63) is 53.1 Å². The molecule has 2 aromatic rings. The third kappa shape index (κ3) is 4.47. The number of nitrogens with two attached hydrogens (primary N) is 1. The zero-order valence-corrected chi connectivity index (χ0v) is 14.7. The highest BCUT2D eigenvalue weighted by Crippen LogP contribution is 2.31. The van der Waals surface area contributed by atoms with E-state index >= 15 is 0 Å². The van der Waals surface area contributed by atoms with Gasteiger partial charge in [0.1, 0.15) is 0 Å². The van der Waals surface area contributed by atoms with Gasteiger partial charge in [-0.15, -0.1) is 0 Å². The average Bonchev–Trinajstić information content (AvgIpc) is 2.62. The third-order valence-corrected chi connectivity index (χ3v) is 4.62. The van der Waals surface area contributed by atoms with Gasteiger partial charge in [0.25, 0.3) is 7.41 Å². The number of benzene rings is 2. The zero-order chi connectivity index (χ0) is 17.6. The smallest absolute Gasteiger partial charge is 0.293 e. The summed E-state index contributed by atoms with van der Waals surface area (Å²) in [7, 11) is 1.60. The molecular formula is C18H21BClN4O. The molecule has 0 bridgehead atoms. The van der Waals surface area contributed by atoms with Crippen LogP contribution in [0.4, 0.5) is 17.1 Å². The third-order valence-electron chi connectivity index (χ3n) is 4.38. The first-order valence-corrected chi connectivity index (χ1v) is 8.69. The van der Waals surface area contributed by atoms with E-state index in [0.29, 0.717) is 6.54 Å². The van der Waals surface area contributed by atoms with Gasteiger partial charge < -0.3 is 25.6 Å². The first-order valence-electron chi connectivity index (χ1n) is 8.32. The minimum atomic E-state index is 0.663. The van der Waals surface area contributed by atoms with Crippen molar-refractivity contribution in [3.63, 3.8) is 0 Å². The molecule has 0 aliphatic carbocycles. The summed E-state index contributed by atoms with van der Waals surface area (Å²) in [6.07, 6.45) is 0.838. The van der Waals surface area contributed by atoms with Crippen molar-refractivity contribution in [3.8, 4) is 0 Å². The van der Waals surface area contributed by atoms with E-state index in [-0.39, 0.29) is 0 Å². The van der Waals surface area contributed by atoms with Gasteiger partial charge in [0.15, 0.2) is 0 Å². The summed E-state index contributed by atoms with van der Waals surface area (Å²) < 4.78 is 0. The first kappa shape index (κ1) is 17.6. The molecule has 1 radical (unpaired) electrons. The number of anilines is 3. The predicted molar refractivity (Wildman–Crippen MR) is 106 cm³/mol. The predicted octanol–water partition coefficient (Wildman–Crippen LogP) is 2.47. The normalized spacial score (nSPS) is 15.0. The molecule has 0 amide bonds. The molecule has 0 aromatic heterocycles. The lowest BCUT2D eigenvalue weighted by Gasteiger charge is -2.36. The highest BCUT2D eigenvalue weighted by Gasteiger charge is 2.19. The molecule has 25 heavy (non-hydrogen) atoms. The number of hydrogen-bond donors (Lipinski definition) is 2. The van der Waals surface area contributed by atoms with Crippen LogP contribution in [0, 0.1) is 0 Å². The fraction of sp³-hybridized carbons (Fsp3) is 0.278. The topological polar surface area (TPSA) is 61.6 Å². The van der Waals surface area contributed by atoms with Crippen LogP contribution in [0.5, 0.6) is 0 Å². The Morgan fingerprint density at radius 3 is 2.64 bits per heavy atom. The molecule has 3 N–H and O–H groups in total. The lowest BCUT2D eigenvalue weighted by atomic mass is 9.93. The van der Waals surface area contributed by atoms with E-state index in [1.165, 1.54) is 0 Å². The van der Waals surface area contributed by atoms with Gasteiger partial charge in [-0.25, -0.2) is 0 Å². The number of carbonyl (C=O) groups excluding carboxylic acids is 1. The molecule has 5 nitrogen and oxygen atoms in total. The zero-order valence-electron chi connectivity index (χ0n) is 14.0. The van der Waals surface area contributed by atoms with Crippen molar-refractivity contribution in [2.75, 3.05) is 42.1 Å². The molecule has 1 fully saturated rings. The van der Waals surface area contributed by atoms with Gasteiger partial charge in [-0.05, 0) is 29.8 Å². The number of carbonyl (C=O) groups is 1. The number of nitrogens with one attached hydrogen (secondary N) is 1. The van der Waals surface area contributed by atoms with Crippen LogP contribution in [0.2, 0.25) is 5.02 Å². The van der Waals surface area contributed by atoms with E-state index in [1.807, 2.05) is 47.3 Å². The van der Waals surface area contributed by atoms with Crippen LogP contribution in [0.3, 0.4) is 0 Å². The highest BCUT2D eigenvalue weighted by atomic mass is 35.5. The second kappa shape index (κ2) is 8.27. The van der Waals surface area contributed by atoms with E-state index in [1.54, 1.807) is 7.41 Å². The van der Waals surface area contributed by atoms with Gasteiger partial charge in [0.05, 0.1) is 23.2 Å². The molecule has 0 saturated carbocycles. The molecule has 1 saturated heterocycles. The Kier molecular flexibility index (Phi) is 5.84. The van der Waals surface area contributed by atoms with E-state index in [4.69, 9.17) is 17.3 Å². The monoisotopic (exact) mass is 355 g/mol. The summed E-state index contributed by atoms with van der Waals surface area (Å²) in [5, 5.41) is 4.12. The fourth-order valence-electron chi connectivity index (χ4n) is 3.03. The molecule has 0 atom stereocenters. The van der Waals surface area contributed by atoms with E-state index in [0.717, 1.165) is 60.0 Å². The molecule has 1 aliphatic rings. The number of halogens is 1. The van der Waals surface area contributed by atoms with Crippen LogP contribution < -0.4 is 16.0 Å². The summed E-state index contributed by atoms with van der Waals surface area (Å²) in [4.78, 5) is 14.9. The number of nitrogen functional groups attached to an aromatic ring is 1. The van der Waals surface area contributed by atoms with Crippen molar-refractivity contribution in [1.29, 1.82) is 0 Å². The van der Waals surface area contributed by atoms with E-state index in [2.05, 4.69) is 10.2 Å². The Labute approximate surface area is 154 Å². The molecule has 7 heteroatoms. The molecule has 129 valence electrons. The quantitative estimate of drug-likeness (QED) is 0.473. The number of hydrogen-bond acceptors (Lipinski definition) is 5.